The molecule has 35 heavy (non-hydrogen) atoms. The molecule has 4 heterocycles. The van der Waals surface area contributed by atoms with Gasteiger partial charge < -0.3 is 4.90 Å². The molecule has 2 saturated heterocycles. The molecule has 2 fully saturated rings. The Labute approximate surface area is 214 Å². The van der Waals surface area contributed by atoms with Crippen molar-refractivity contribution in [2.24, 2.45) is 11.8 Å². The van der Waals surface area contributed by atoms with Crippen molar-refractivity contribution in [2.75, 3.05) is 18.0 Å². The van der Waals surface area contributed by atoms with Crippen LogP contribution in [0, 0.1) is 11.8 Å². The average molecular weight is 505 g/mol. The van der Waals surface area contributed by atoms with Gasteiger partial charge in [0.25, 0.3) is 11.5 Å². The van der Waals surface area contributed by atoms with Crippen LogP contribution in [0.3, 0.4) is 0 Å². The smallest absolute Gasteiger partial charge is 0.267 e. The Morgan fingerprint density at radius 3 is 2.46 bits per heavy atom. The van der Waals surface area contributed by atoms with Crippen LogP contribution in [0.4, 0.5) is 5.82 Å². The normalized spacial score (nSPS) is 22.9. The SMILES string of the molecule is CC1CC(C)CN(c2nc3ccccn3c(=O)c2C=C2SC(=S)N(C(C)c3ccccc3)C2=O)C1. The van der Waals surface area contributed by atoms with Gasteiger partial charge in [0, 0.05) is 19.3 Å². The summed E-state index contributed by atoms with van der Waals surface area (Å²) < 4.78 is 2.03. The van der Waals surface area contributed by atoms with Crippen molar-refractivity contribution < 1.29 is 4.79 Å². The van der Waals surface area contributed by atoms with Crippen LogP contribution in [0.15, 0.2) is 64.4 Å². The van der Waals surface area contributed by atoms with Gasteiger partial charge in [-0.3, -0.25) is 18.9 Å². The van der Waals surface area contributed by atoms with Crippen molar-refractivity contribution in [2.45, 2.75) is 33.2 Å². The highest BCUT2D eigenvalue weighted by atomic mass is 32.2. The van der Waals surface area contributed by atoms with Crippen LogP contribution >= 0.6 is 24.0 Å². The van der Waals surface area contributed by atoms with Gasteiger partial charge in [0.2, 0.25) is 0 Å². The largest absolute Gasteiger partial charge is 0.355 e. The Balaban J connectivity index is 1.59. The fraction of sp³-hybridized carbons (Fsp3) is 0.333. The predicted molar refractivity (Wildman–Crippen MR) is 146 cm³/mol. The lowest BCUT2D eigenvalue weighted by atomic mass is 9.91. The lowest BCUT2D eigenvalue weighted by molar-refractivity contribution is -0.123. The molecular weight excluding hydrogens is 476 g/mol. The number of amides is 1. The van der Waals surface area contributed by atoms with Crippen LogP contribution in [0.25, 0.3) is 11.7 Å². The maximum atomic E-state index is 13.7. The van der Waals surface area contributed by atoms with E-state index in [4.69, 9.17) is 17.2 Å². The third kappa shape index (κ3) is 4.52. The van der Waals surface area contributed by atoms with E-state index < -0.39 is 0 Å². The number of anilines is 1. The number of rotatable bonds is 4. The Kier molecular flexibility index (Phi) is 6.51. The van der Waals surface area contributed by atoms with E-state index in [2.05, 4.69) is 18.7 Å². The molecule has 0 radical (unpaired) electrons. The number of carbonyl (C=O) groups excluding carboxylic acids is 1. The van der Waals surface area contributed by atoms with Crippen LogP contribution in [0.1, 0.15) is 44.4 Å². The molecule has 6 nitrogen and oxygen atoms in total. The zero-order valence-electron chi connectivity index (χ0n) is 20.0. The summed E-state index contributed by atoms with van der Waals surface area (Å²) in [5.74, 6) is 1.45. The number of pyridine rings is 1. The topological polar surface area (TPSA) is 57.9 Å². The molecule has 180 valence electrons. The van der Waals surface area contributed by atoms with Crippen LogP contribution in [0.5, 0.6) is 0 Å². The van der Waals surface area contributed by atoms with Gasteiger partial charge in [-0.05, 0) is 49.0 Å². The number of piperidine rings is 1. The van der Waals surface area contributed by atoms with Gasteiger partial charge in [0.15, 0.2) is 0 Å². The van der Waals surface area contributed by atoms with E-state index in [1.807, 2.05) is 55.5 Å². The second kappa shape index (κ2) is 9.59. The minimum Gasteiger partial charge on any atom is -0.355 e. The molecule has 2 aromatic heterocycles. The van der Waals surface area contributed by atoms with Gasteiger partial charge in [0.05, 0.1) is 16.5 Å². The fourth-order valence-corrected chi connectivity index (χ4v) is 6.52. The molecule has 2 aliphatic rings. The molecule has 3 unspecified atom stereocenters. The summed E-state index contributed by atoms with van der Waals surface area (Å²) in [6.07, 6.45) is 4.56. The minimum atomic E-state index is -0.200. The van der Waals surface area contributed by atoms with Crippen LogP contribution in [0.2, 0.25) is 0 Å². The molecule has 0 spiro atoms. The Morgan fingerprint density at radius 2 is 1.74 bits per heavy atom. The second-order valence-electron chi connectivity index (χ2n) is 9.57. The summed E-state index contributed by atoms with van der Waals surface area (Å²) in [5, 5.41) is 0. The summed E-state index contributed by atoms with van der Waals surface area (Å²) in [6.45, 7) is 8.08. The molecule has 1 amide bonds. The van der Waals surface area contributed by atoms with E-state index in [0.717, 1.165) is 25.1 Å². The Bertz CT molecular complexity index is 1370. The van der Waals surface area contributed by atoms with Gasteiger partial charge in [0.1, 0.15) is 15.8 Å². The van der Waals surface area contributed by atoms with Crippen LogP contribution < -0.4 is 10.5 Å². The van der Waals surface area contributed by atoms with Crippen molar-refractivity contribution in [3.63, 3.8) is 0 Å². The monoisotopic (exact) mass is 504 g/mol. The van der Waals surface area contributed by atoms with Gasteiger partial charge in [-0.15, -0.1) is 0 Å². The number of aromatic nitrogens is 2. The van der Waals surface area contributed by atoms with Crippen molar-refractivity contribution in [3.05, 3.63) is 81.1 Å². The highest BCUT2D eigenvalue weighted by Crippen LogP contribution is 2.38. The fourth-order valence-electron chi connectivity index (χ4n) is 5.12. The molecule has 3 aromatic rings. The summed E-state index contributed by atoms with van der Waals surface area (Å²) in [5.41, 5.74) is 1.86. The van der Waals surface area contributed by atoms with Gasteiger partial charge >= 0.3 is 0 Å². The molecular formula is C27H28N4O2S2. The highest BCUT2D eigenvalue weighted by molar-refractivity contribution is 8.26. The molecule has 0 bridgehead atoms. The quantitative estimate of drug-likeness (QED) is 0.362. The number of benzene rings is 1. The second-order valence-corrected chi connectivity index (χ2v) is 11.2. The van der Waals surface area contributed by atoms with Gasteiger partial charge in [-0.2, -0.15) is 0 Å². The number of hydrogen-bond donors (Lipinski definition) is 0. The first-order valence-corrected chi connectivity index (χ1v) is 13.1. The molecule has 1 aromatic carbocycles. The van der Waals surface area contributed by atoms with Crippen molar-refractivity contribution in [1.82, 2.24) is 14.3 Å². The van der Waals surface area contributed by atoms with Gasteiger partial charge in [-0.1, -0.05) is 74.2 Å². The average Bonchev–Trinajstić information content (AvgIpc) is 3.12. The first-order valence-electron chi connectivity index (χ1n) is 11.9. The van der Waals surface area contributed by atoms with Crippen molar-refractivity contribution >= 4 is 51.7 Å². The summed E-state index contributed by atoms with van der Waals surface area (Å²) in [6, 6.07) is 15.2. The molecule has 8 heteroatoms. The van der Waals surface area contributed by atoms with Crippen molar-refractivity contribution in [3.8, 4) is 0 Å². The third-order valence-corrected chi connectivity index (χ3v) is 8.02. The molecule has 0 aliphatic carbocycles. The summed E-state index contributed by atoms with van der Waals surface area (Å²) in [7, 11) is 0. The Hall–Kier alpha value is -2.97. The first-order chi connectivity index (χ1) is 16.8. The first kappa shape index (κ1) is 23.8. The molecule has 2 aliphatic heterocycles. The molecule has 5 rings (SSSR count). The minimum absolute atomic E-state index is 0.180. The lowest BCUT2D eigenvalue weighted by Crippen LogP contribution is -2.40. The number of fused-ring (bicyclic) bond motifs is 1. The van der Waals surface area contributed by atoms with E-state index in [0.29, 0.717) is 38.1 Å². The molecule has 3 atom stereocenters. The van der Waals surface area contributed by atoms with E-state index in [-0.39, 0.29) is 17.5 Å². The maximum Gasteiger partial charge on any atom is 0.267 e. The van der Waals surface area contributed by atoms with E-state index in [9.17, 15) is 9.59 Å². The molecule has 0 saturated carbocycles. The summed E-state index contributed by atoms with van der Waals surface area (Å²) in [4.78, 5) is 36.3. The Morgan fingerprint density at radius 1 is 1.06 bits per heavy atom. The zero-order chi connectivity index (χ0) is 24.7. The number of nitrogens with zero attached hydrogens (tertiary/aromatic N) is 4. The standard InChI is InChI=1S/C27H28N4O2S2/c1-17-13-18(2)16-29(15-17)24-21(25(32)30-12-8-7-11-23(30)28-24)14-22-26(33)31(27(34)35-22)19(3)20-9-5-4-6-10-20/h4-12,14,17-19H,13,15-16H2,1-3H3. The van der Waals surface area contributed by atoms with Crippen LogP contribution in [-0.2, 0) is 4.79 Å². The predicted octanol–water partition coefficient (Wildman–Crippen LogP) is 5.14. The van der Waals surface area contributed by atoms with Gasteiger partial charge in [-0.25, -0.2) is 4.98 Å². The van der Waals surface area contributed by atoms with E-state index in [1.54, 1.807) is 21.6 Å². The number of thioether (sulfide) groups is 1. The number of hydrogen-bond acceptors (Lipinski definition) is 6. The molecule has 0 N–H and O–H groups in total. The van der Waals surface area contributed by atoms with E-state index in [1.165, 1.54) is 11.8 Å². The third-order valence-electron chi connectivity index (χ3n) is 6.69. The number of carbonyl (C=O) groups is 1. The number of thiocarbonyl (C=S) groups is 1. The summed E-state index contributed by atoms with van der Waals surface area (Å²) >= 11 is 6.85. The zero-order valence-corrected chi connectivity index (χ0v) is 21.7. The van der Waals surface area contributed by atoms with Crippen LogP contribution in [-0.4, -0.2) is 37.6 Å². The lowest BCUT2D eigenvalue weighted by Gasteiger charge is -2.36. The van der Waals surface area contributed by atoms with E-state index >= 15 is 0 Å². The maximum absolute atomic E-state index is 13.7. The van der Waals surface area contributed by atoms with Crippen molar-refractivity contribution in [1.29, 1.82) is 0 Å². The highest BCUT2D eigenvalue weighted by Gasteiger charge is 2.37.